The average molecular weight is 223 g/mol. The molecule has 5 heteroatoms. The molecule has 1 unspecified atom stereocenters. The molecule has 0 amide bonds. The molecular weight excluding hydrogens is 206 g/mol. The maximum atomic E-state index is 10.6. The Hall–Kier alpha value is -1.65. The summed E-state index contributed by atoms with van der Waals surface area (Å²) in [5.74, 6) is -0.443. The summed E-state index contributed by atoms with van der Waals surface area (Å²) in [7, 11) is 1.91. The molecular formula is C11H17N3O2. The van der Waals surface area contributed by atoms with Crippen LogP contribution < -0.4 is 4.90 Å². The van der Waals surface area contributed by atoms with Gasteiger partial charge >= 0.3 is 5.97 Å². The van der Waals surface area contributed by atoms with Gasteiger partial charge in [-0.15, -0.1) is 0 Å². The van der Waals surface area contributed by atoms with E-state index in [-0.39, 0.29) is 5.56 Å². The van der Waals surface area contributed by atoms with E-state index in [1.807, 2.05) is 11.9 Å². The normalized spacial score (nSPS) is 12.2. The number of rotatable bonds is 5. The van der Waals surface area contributed by atoms with E-state index in [0.29, 0.717) is 12.0 Å². The minimum absolute atomic E-state index is 0.111. The van der Waals surface area contributed by atoms with Gasteiger partial charge in [0, 0.05) is 25.5 Å². The van der Waals surface area contributed by atoms with Crippen molar-refractivity contribution in [2.45, 2.75) is 32.7 Å². The zero-order chi connectivity index (χ0) is 12.1. The molecule has 0 saturated heterocycles. The zero-order valence-electron chi connectivity index (χ0n) is 9.84. The number of nitrogens with zero attached hydrogens (tertiary/aromatic N) is 3. The first-order valence-electron chi connectivity index (χ1n) is 5.34. The molecule has 0 radical (unpaired) electrons. The monoisotopic (exact) mass is 223 g/mol. The highest BCUT2D eigenvalue weighted by Crippen LogP contribution is 2.11. The maximum absolute atomic E-state index is 10.6. The Labute approximate surface area is 95.1 Å². The van der Waals surface area contributed by atoms with Crippen LogP contribution in [0.1, 0.15) is 37.0 Å². The van der Waals surface area contributed by atoms with Gasteiger partial charge in [-0.2, -0.15) is 0 Å². The second-order valence-electron chi connectivity index (χ2n) is 3.83. The van der Waals surface area contributed by atoms with E-state index in [0.717, 1.165) is 12.8 Å². The fourth-order valence-corrected chi connectivity index (χ4v) is 1.42. The molecule has 1 aromatic heterocycles. The van der Waals surface area contributed by atoms with Crippen molar-refractivity contribution in [2.75, 3.05) is 11.9 Å². The second-order valence-corrected chi connectivity index (χ2v) is 3.83. The predicted molar refractivity (Wildman–Crippen MR) is 61.8 cm³/mol. The minimum Gasteiger partial charge on any atom is -0.478 e. The molecule has 0 aliphatic carbocycles. The molecule has 0 fully saturated rings. The third-order valence-corrected chi connectivity index (χ3v) is 2.57. The highest BCUT2D eigenvalue weighted by molar-refractivity contribution is 5.86. The summed E-state index contributed by atoms with van der Waals surface area (Å²) in [6.45, 7) is 4.22. The van der Waals surface area contributed by atoms with Crippen molar-refractivity contribution in [3.05, 3.63) is 18.0 Å². The van der Waals surface area contributed by atoms with Crippen molar-refractivity contribution in [1.29, 1.82) is 0 Å². The van der Waals surface area contributed by atoms with Gasteiger partial charge in [0.25, 0.3) is 0 Å². The summed E-state index contributed by atoms with van der Waals surface area (Å²) in [5, 5.41) is 8.71. The molecule has 0 saturated carbocycles. The number of hydrogen-bond acceptors (Lipinski definition) is 4. The third-order valence-electron chi connectivity index (χ3n) is 2.57. The lowest BCUT2D eigenvalue weighted by Gasteiger charge is -2.24. The van der Waals surface area contributed by atoms with Crippen LogP contribution in [-0.4, -0.2) is 34.1 Å². The van der Waals surface area contributed by atoms with Crippen LogP contribution in [0.2, 0.25) is 0 Å². The Morgan fingerprint density at radius 3 is 2.50 bits per heavy atom. The molecule has 0 aliphatic rings. The molecule has 1 rings (SSSR count). The summed E-state index contributed by atoms with van der Waals surface area (Å²) in [6, 6.07) is 0.348. The SMILES string of the molecule is CCCC(C)N(C)c1ncc(C(=O)O)cn1. The molecule has 5 nitrogen and oxygen atoms in total. The quantitative estimate of drug-likeness (QED) is 0.824. The Bertz CT molecular complexity index is 351. The fraction of sp³-hybridized carbons (Fsp3) is 0.545. The lowest BCUT2D eigenvalue weighted by Crippen LogP contribution is -2.30. The number of hydrogen-bond donors (Lipinski definition) is 1. The molecule has 0 aliphatic heterocycles. The summed E-state index contributed by atoms with van der Waals surface area (Å²) in [5.41, 5.74) is 0.111. The standard InChI is InChI=1S/C11H17N3O2/c1-4-5-8(2)14(3)11-12-6-9(7-13-11)10(15)16/h6-8H,4-5H2,1-3H3,(H,15,16). The van der Waals surface area contributed by atoms with Crippen molar-refractivity contribution in [1.82, 2.24) is 9.97 Å². The first-order valence-corrected chi connectivity index (χ1v) is 5.34. The lowest BCUT2D eigenvalue weighted by atomic mass is 10.2. The van der Waals surface area contributed by atoms with Crippen molar-refractivity contribution >= 4 is 11.9 Å². The lowest BCUT2D eigenvalue weighted by molar-refractivity contribution is 0.0696. The predicted octanol–water partition coefficient (Wildman–Crippen LogP) is 1.80. The van der Waals surface area contributed by atoms with Crippen molar-refractivity contribution in [3.63, 3.8) is 0 Å². The summed E-state index contributed by atoms with van der Waals surface area (Å²) < 4.78 is 0. The van der Waals surface area contributed by atoms with Crippen LogP contribution in [0.4, 0.5) is 5.95 Å². The number of anilines is 1. The Kier molecular flexibility index (Phi) is 4.22. The van der Waals surface area contributed by atoms with E-state index in [2.05, 4.69) is 23.8 Å². The summed E-state index contributed by atoms with van der Waals surface area (Å²) in [6.07, 6.45) is 4.82. The van der Waals surface area contributed by atoms with Crippen LogP contribution in [0.3, 0.4) is 0 Å². The van der Waals surface area contributed by atoms with E-state index >= 15 is 0 Å². The van der Waals surface area contributed by atoms with E-state index in [1.54, 1.807) is 0 Å². The van der Waals surface area contributed by atoms with Gasteiger partial charge in [0.2, 0.25) is 5.95 Å². The highest BCUT2D eigenvalue weighted by Gasteiger charge is 2.12. The van der Waals surface area contributed by atoms with Crippen molar-refractivity contribution in [2.24, 2.45) is 0 Å². The first-order chi connectivity index (χ1) is 7.56. The van der Waals surface area contributed by atoms with E-state index < -0.39 is 5.97 Å². The Morgan fingerprint density at radius 1 is 1.50 bits per heavy atom. The van der Waals surface area contributed by atoms with Crippen molar-refractivity contribution in [3.8, 4) is 0 Å². The Balaban J connectivity index is 2.77. The van der Waals surface area contributed by atoms with Crippen LogP contribution in [0.5, 0.6) is 0 Å². The van der Waals surface area contributed by atoms with Crippen LogP contribution >= 0.6 is 0 Å². The van der Waals surface area contributed by atoms with Gasteiger partial charge in [-0.25, -0.2) is 14.8 Å². The van der Waals surface area contributed by atoms with Gasteiger partial charge in [0.05, 0.1) is 5.56 Å². The van der Waals surface area contributed by atoms with E-state index in [9.17, 15) is 4.79 Å². The fourth-order valence-electron chi connectivity index (χ4n) is 1.42. The molecule has 1 N–H and O–H groups in total. The van der Waals surface area contributed by atoms with Gasteiger partial charge in [-0.3, -0.25) is 0 Å². The second kappa shape index (κ2) is 5.44. The molecule has 1 heterocycles. The van der Waals surface area contributed by atoms with E-state index in [1.165, 1.54) is 12.4 Å². The van der Waals surface area contributed by atoms with Crippen LogP contribution in [0.25, 0.3) is 0 Å². The van der Waals surface area contributed by atoms with E-state index in [4.69, 9.17) is 5.11 Å². The maximum Gasteiger partial charge on any atom is 0.338 e. The van der Waals surface area contributed by atoms with Gasteiger partial charge < -0.3 is 10.0 Å². The zero-order valence-corrected chi connectivity index (χ0v) is 9.84. The third kappa shape index (κ3) is 2.92. The first kappa shape index (κ1) is 12.4. The molecule has 16 heavy (non-hydrogen) atoms. The van der Waals surface area contributed by atoms with Crippen LogP contribution in [0, 0.1) is 0 Å². The minimum atomic E-state index is -1.00. The largest absolute Gasteiger partial charge is 0.478 e. The average Bonchev–Trinajstić information content (AvgIpc) is 2.28. The number of aromatic carboxylic acids is 1. The smallest absolute Gasteiger partial charge is 0.338 e. The van der Waals surface area contributed by atoms with Gasteiger partial charge in [0.1, 0.15) is 0 Å². The molecule has 0 aromatic carbocycles. The van der Waals surface area contributed by atoms with Gasteiger partial charge in [-0.1, -0.05) is 13.3 Å². The molecule has 88 valence electrons. The number of carboxylic acids is 1. The molecule has 1 aromatic rings. The summed E-state index contributed by atoms with van der Waals surface area (Å²) >= 11 is 0. The Morgan fingerprint density at radius 2 is 2.06 bits per heavy atom. The van der Waals surface area contributed by atoms with Crippen LogP contribution in [0.15, 0.2) is 12.4 Å². The summed E-state index contributed by atoms with van der Waals surface area (Å²) in [4.78, 5) is 20.7. The molecule has 0 spiro atoms. The van der Waals surface area contributed by atoms with Crippen LogP contribution in [-0.2, 0) is 0 Å². The number of carbonyl (C=O) groups is 1. The molecule has 0 bridgehead atoms. The molecule has 1 atom stereocenters. The van der Waals surface area contributed by atoms with Gasteiger partial charge in [-0.05, 0) is 13.3 Å². The highest BCUT2D eigenvalue weighted by atomic mass is 16.4. The number of aromatic nitrogens is 2. The van der Waals surface area contributed by atoms with Crippen molar-refractivity contribution < 1.29 is 9.90 Å². The topological polar surface area (TPSA) is 66.3 Å². The van der Waals surface area contributed by atoms with Gasteiger partial charge in [0.15, 0.2) is 0 Å². The number of carboxylic acid groups (broad SMARTS) is 1.